The smallest absolute Gasteiger partial charge is 0.224 e. The molecule has 4 N–H and O–H groups in total. The molecule has 0 aromatic rings. The minimum absolute atomic E-state index is 0.110. The topological polar surface area (TPSA) is 101 Å². The fourth-order valence-electron chi connectivity index (χ4n) is 1.13. The van der Waals surface area contributed by atoms with Crippen LogP contribution in [0.2, 0.25) is 0 Å². The molecule has 6 nitrogen and oxygen atoms in total. The first-order chi connectivity index (χ1) is 7.32. The molecule has 0 saturated carbocycles. The minimum atomic E-state index is -0.456. The van der Waals surface area contributed by atoms with Crippen LogP contribution >= 0.6 is 0 Å². The Kier molecular flexibility index (Phi) is 6.14. The molecule has 92 valence electrons. The lowest BCUT2D eigenvalue weighted by Gasteiger charge is -2.16. The molecule has 0 aromatic carbocycles. The van der Waals surface area contributed by atoms with Gasteiger partial charge < -0.3 is 16.4 Å². The van der Waals surface area contributed by atoms with E-state index < -0.39 is 5.91 Å². The first kappa shape index (κ1) is 14.4. The molecule has 0 aliphatic rings. The number of carbonyl (C=O) groups is 3. The van der Waals surface area contributed by atoms with Crippen LogP contribution in [0.15, 0.2) is 0 Å². The van der Waals surface area contributed by atoms with Gasteiger partial charge in [0.1, 0.15) is 0 Å². The first-order valence-corrected chi connectivity index (χ1v) is 5.16. The van der Waals surface area contributed by atoms with Crippen molar-refractivity contribution in [1.29, 1.82) is 0 Å². The highest BCUT2D eigenvalue weighted by atomic mass is 16.2. The van der Waals surface area contributed by atoms with Crippen LogP contribution in [0.3, 0.4) is 0 Å². The number of amides is 3. The zero-order valence-corrected chi connectivity index (χ0v) is 9.87. The molecule has 0 aliphatic heterocycles. The molecule has 0 radical (unpaired) electrons. The van der Waals surface area contributed by atoms with Crippen LogP contribution in [0.5, 0.6) is 0 Å². The third-order valence-electron chi connectivity index (χ3n) is 2.00. The van der Waals surface area contributed by atoms with Gasteiger partial charge in [-0.2, -0.15) is 0 Å². The number of hydrogen-bond acceptors (Lipinski definition) is 3. The van der Waals surface area contributed by atoms with Crippen LogP contribution in [0.4, 0.5) is 0 Å². The number of rotatable bonds is 6. The zero-order chi connectivity index (χ0) is 12.7. The average Bonchev–Trinajstić information content (AvgIpc) is 2.12. The molecule has 0 aromatic heterocycles. The maximum Gasteiger partial charge on any atom is 0.224 e. The van der Waals surface area contributed by atoms with Crippen molar-refractivity contribution >= 4 is 17.7 Å². The summed E-state index contributed by atoms with van der Waals surface area (Å²) in [6.07, 6.45) is 0.110. The van der Waals surface area contributed by atoms with E-state index in [0.717, 1.165) is 0 Å². The van der Waals surface area contributed by atoms with E-state index >= 15 is 0 Å². The fourth-order valence-corrected chi connectivity index (χ4v) is 1.13. The molecule has 0 bridgehead atoms. The molecule has 6 heteroatoms. The number of primary amides is 1. The van der Waals surface area contributed by atoms with Crippen molar-refractivity contribution < 1.29 is 14.4 Å². The van der Waals surface area contributed by atoms with Crippen molar-refractivity contribution in [2.45, 2.75) is 33.2 Å². The van der Waals surface area contributed by atoms with Crippen LogP contribution in [0.25, 0.3) is 0 Å². The first-order valence-electron chi connectivity index (χ1n) is 5.16. The summed E-state index contributed by atoms with van der Waals surface area (Å²) >= 11 is 0. The monoisotopic (exact) mass is 229 g/mol. The van der Waals surface area contributed by atoms with Gasteiger partial charge in [-0.3, -0.25) is 14.4 Å². The summed E-state index contributed by atoms with van der Waals surface area (Å²) in [6.45, 7) is 5.07. The molecule has 3 amide bonds. The van der Waals surface area contributed by atoms with Gasteiger partial charge in [-0.05, 0) is 6.92 Å². The zero-order valence-electron chi connectivity index (χ0n) is 9.87. The third-order valence-corrected chi connectivity index (χ3v) is 2.00. The Bertz CT molecular complexity index is 278. The van der Waals surface area contributed by atoms with Crippen molar-refractivity contribution in [1.82, 2.24) is 10.6 Å². The van der Waals surface area contributed by atoms with E-state index in [1.165, 1.54) is 6.92 Å². The molecule has 0 heterocycles. The summed E-state index contributed by atoms with van der Waals surface area (Å²) in [5, 5.41) is 5.19. The van der Waals surface area contributed by atoms with E-state index in [1.54, 1.807) is 13.8 Å². The molecule has 0 aliphatic carbocycles. The lowest BCUT2D eigenvalue weighted by atomic mass is 10.1. The predicted molar refractivity (Wildman–Crippen MR) is 59.3 cm³/mol. The van der Waals surface area contributed by atoms with Crippen molar-refractivity contribution in [3.05, 3.63) is 0 Å². The molecule has 2 atom stereocenters. The molecule has 16 heavy (non-hydrogen) atoms. The summed E-state index contributed by atoms with van der Waals surface area (Å²) in [5.41, 5.74) is 5.00. The number of carbonyl (C=O) groups excluding carboxylic acids is 3. The van der Waals surface area contributed by atoms with E-state index in [1.807, 2.05) is 0 Å². The molecule has 0 fully saturated rings. The molecular formula is C10H19N3O3. The van der Waals surface area contributed by atoms with E-state index in [2.05, 4.69) is 10.6 Å². The van der Waals surface area contributed by atoms with E-state index in [0.29, 0.717) is 0 Å². The molecule has 0 rings (SSSR count). The standard InChI is InChI=1S/C10H19N3O3/c1-6(5-12-8(3)14)10(16)13-7(2)4-9(11)15/h6-7H,4-5H2,1-3H3,(H2,11,15)(H,12,14)(H,13,16)/t6-,7-/m0/s1. The molecular weight excluding hydrogens is 210 g/mol. The summed E-state index contributed by atoms with van der Waals surface area (Å²) in [5.74, 6) is -1.17. The lowest BCUT2D eigenvalue weighted by molar-refractivity contribution is -0.125. The Morgan fingerprint density at radius 3 is 2.25 bits per heavy atom. The van der Waals surface area contributed by atoms with Crippen LogP contribution in [-0.2, 0) is 14.4 Å². The van der Waals surface area contributed by atoms with Crippen LogP contribution in [0, 0.1) is 5.92 Å². The van der Waals surface area contributed by atoms with Gasteiger partial charge in [0.05, 0.1) is 5.92 Å². The number of hydrogen-bond donors (Lipinski definition) is 3. The summed E-state index contributed by atoms with van der Waals surface area (Å²) in [7, 11) is 0. The predicted octanol–water partition coefficient (Wildman–Crippen LogP) is -0.861. The number of nitrogens with two attached hydrogens (primary N) is 1. The van der Waals surface area contributed by atoms with Gasteiger partial charge in [0.15, 0.2) is 0 Å². The second-order valence-electron chi connectivity index (χ2n) is 3.92. The van der Waals surface area contributed by atoms with Crippen LogP contribution < -0.4 is 16.4 Å². The Morgan fingerprint density at radius 2 is 1.81 bits per heavy atom. The van der Waals surface area contributed by atoms with E-state index in [4.69, 9.17) is 5.73 Å². The second kappa shape index (κ2) is 6.81. The van der Waals surface area contributed by atoms with Gasteiger partial charge in [0.25, 0.3) is 0 Å². The van der Waals surface area contributed by atoms with Crippen molar-refractivity contribution in [3.8, 4) is 0 Å². The van der Waals surface area contributed by atoms with Crippen LogP contribution in [0.1, 0.15) is 27.2 Å². The maximum absolute atomic E-state index is 11.5. The molecule has 0 saturated heterocycles. The highest BCUT2D eigenvalue weighted by Gasteiger charge is 2.16. The van der Waals surface area contributed by atoms with Crippen molar-refractivity contribution in [2.75, 3.05) is 6.54 Å². The molecule has 0 spiro atoms. The number of nitrogens with one attached hydrogen (secondary N) is 2. The van der Waals surface area contributed by atoms with E-state index in [9.17, 15) is 14.4 Å². The third kappa shape index (κ3) is 6.80. The van der Waals surface area contributed by atoms with E-state index in [-0.39, 0.29) is 36.7 Å². The van der Waals surface area contributed by atoms with Gasteiger partial charge in [-0.15, -0.1) is 0 Å². The maximum atomic E-state index is 11.5. The average molecular weight is 229 g/mol. The van der Waals surface area contributed by atoms with Crippen molar-refractivity contribution in [2.24, 2.45) is 11.7 Å². The highest BCUT2D eigenvalue weighted by molar-refractivity contribution is 5.81. The summed E-state index contributed by atoms with van der Waals surface area (Å²) in [4.78, 5) is 32.8. The highest BCUT2D eigenvalue weighted by Crippen LogP contribution is 1.96. The minimum Gasteiger partial charge on any atom is -0.370 e. The lowest BCUT2D eigenvalue weighted by Crippen LogP contribution is -2.42. The largest absolute Gasteiger partial charge is 0.370 e. The van der Waals surface area contributed by atoms with Gasteiger partial charge >= 0.3 is 0 Å². The second-order valence-corrected chi connectivity index (χ2v) is 3.92. The quantitative estimate of drug-likeness (QED) is 0.552. The van der Waals surface area contributed by atoms with Gasteiger partial charge in [-0.25, -0.2) is 0 Å². The normalized spacial score (nSPS) is 13.7. The van der Waals surface area contributed by atoms with Gasteiger partial charge in [-0.1, -0.05) is 6.92 Å². The summed E-state index contributed by atoms with van der Waals surface area (Å²) < 4.78 is 0. The van der Waals surface area contributed by atoms with Gasteiger partial charge in [0.2, 0.25) is 17.7 Å². The Morgan fingerprint density at radius 1 is 1.25 bits per heavy atom. The Balaban J connectivity index is 3.95. The van der Waals surface area contributed by atoms with Crippen LogP contribution in [-0.4, -0.2) is 30.3 Å². The van der Waals surface area contributed by atoms with Gasteiger partial charge in [0, 0.05) is 25.9 Å². The SMILES string of the molecule is CC(=O)NC[C@H](C)C(=O)N[C@@H](C)CC(N)=O. The molecule has 0 unspecified atom stereocenters. The summed E-state index contributed by atoms with van der Waals surface area (Å²) in [6, 6.07) is -0.287. The Labute approximate surface area is 94.9 Å². The fraction of sp³-hybridized carbons (Fsp3) is 0.700. The Hall–Kier alpha value is -1.59. The van der Waals surface area contributed by atoms with Crippen molar-refractivity contribution in [3.63, 3.8) is 0 Å².